The first-order valence-corrected chi connectivity index (χ1v) is 9.63. The molecular formula is C27H26. The molecule has 4 aromatic carbocycles. The Bertz CT molecular complexity index is 997. The monoisotopic (exact) mass is 350 g/mol. The summed E-state index contributed by atoms with van der Waals surface area (Å²) in [6, 6.07) is 36.6. The Morgan fingerprint density at radius 1 is 0.407 bits per heavy atom. The molecule has 0 N–H and O–H groups in total. The van der Waals surface area contributed by atoms with E-state index in [0.717, 1.165) is 0 Å². The standard InChI is InChI=1S/C25H20.C2H6/c1-19-9-5-6-16-25(19)24-15-8-14-23(18-24)22-13-7-12-21(17-22)20-10-3-2-4-11-20;1-2/h2-18H,1H3;1-2H3. The molecule has 0 aliphatic carbocycles. The van der Waals surface area contributed by atoms with Crippen molar-refractivity contribution in [1.82, 2.24) is 0 Å². The fraction of sp³-hybridized carbons (Fsp3) is 0.111. The lowest BCUT2D eigenvalue weighted by Gasteiger charge is -2.10. The Morgan fingerprint density at radius 2 is 0.852 bits per heavy atom. The molecule has 0 saturated carbocycles. The lowest BCUT2D eigenvalue weighted by Crippen LogP contribution is -1.85. The molecule has 4 aromatic rings. The van der Waals surface area contributed by atoms with Crippen molar-refractivity contribution in [2.45, 2.75) is 20.8 Å². The van der Waals surface area contributed by atoms with Gasteiger partial charge in [0.25, 0.3) is 0 Å². The predicted octanol–water partition coefficient (Wildman–Crippen LogP) is 8.02. The van der Waals surface area contributed by atoms with Crippen molar-refractivity contribution >= 4 is 0 Å². The SMILES string of the molecule is CC.Cc1ccccc1-c1cccc(-c2cccc(-c3ccccc3)c2)c1. The molecular weight excluding hydrogens is 324 g/mol. The lowest BCUT2D eigenvalue weighted by molar-refractivity contribution is 1.46. The maximum absolute atomic E-state index is 2.28. The quantitative estimate of drug-likeness (QED) is 0.351. The van der Waals surface area contributed by atoms with Gasteiger partial charge in [0.1, 0.15) is 0 Å². The summed E-state index contributed by atoms with van der Waals surface area (Å²) in [5, 5.41) is 0. The normalized spacial score (nSPS) is 10.0. The van der Waals surface area contributed by atoms with Gasteiger partial charge in [-0.1, -0.05) is 105 Å². The lowest BCUT2D eigenvalue weighted by atomic mass is 9.95. The number of aryl methyl sites for hydroxylation is 1. The first-order chi connectivity index (χ1) is 13.3. The number of benzene rings is 4. The van der Waals surface area contributed by atoms with Gasteiger partial charge in [-0.3, -0.25) is 0 Å². The Labute approximate surface area is 163 Å². The van der Waals surface area contributed by atoms with Gasteiger partial charge in [0.15, 0.2) is 0 Å². The largest absolute Gasteiger partial charge is 0.0683 e. The van der Waals surface area contributed by atoms with Crippen LogP contribution in [-0.2, 0) is 0 Å². The highest BCUT2D eigenvalue weighted by Gasteiger charge is 2.05. The maximum Gasteiger partial charge on any atom is -0.0155 e. The van der Waals surface area contributed by atoms with Crippen molar-refractivity contribution < 1.29 is 0 Å². The Balaban J connectivity index is 0.00000102. The smallest absolute Gasteiger partial charge is 0.0155 e. The molecule has 0 aliphatic heterocycles. The van der Waals surface area contributed by atoms with Crippen LogP contribution in [0.25, 0.3) is 33.4 Å². The first kappa shape index (κ1) is 18.7. The fourth-order valence-electron chi connectivity index (χ4n) is 3.27. The highest BCUT2D eigenvalue weighted by Crippen LogP contribution is 2.30. The molecule has 0 heterocycles. The summed E-state index contributed by atoms with van der Waals surface area (Å²) in [4.78, 5) is 0. The zero-order valence-electron chi connectivity index (χ0n) is 16.3. The molecule has 0 spiro atoms. The van der Waals surface area contributed by atoms with Crippen LogP contribution in [0, 0.1) is 6.92 Å². The van der Waals surface area contributed by atoms with E-state index in [1.807, 2.05) is 13.8 Å². The molecule has 0 fully saturated rings. The average Bonchev–Trinajstić information content (AvgIpc) is 2.76. The van der Waals surface area contributed by atoms with Crippen LogP contribution in [-0.4, -0.2) is 0 Å². The summed E-state index contributed by atoms with van der Waals surface area (Å²) in [5.41, 5.74) is 8.86. The highest BCUT2D eigenvalue weighted by molar-refractivity contribution is 5.77. The predicted molar refractivity (Wildman–Crippen MR) is 119 cm³/mol. The first-order valence-electron chi connectivity index (χ1n) is 9.63. The third kappa shape index (κ3) is 4.35. The van der Waals surface area contributed by atoms with Gasteiger partial charge in [0, 0.05) is 0 Å². The average molecular weight is 351 g/mol. The molecule has 0 radical (unpaired) electrons. The molecule has 0 heteroatoms. The molecule has 0 atom stereocenters. The summed E-state index contributed by atoms with van der Waals surface area (Å²) in [6.07, 6.45) is 0. The van der Waals surface area contributed by atoms with Gasteiger partial charge >= 0.3 is 0 Å². The molecule has 0 bridgehead atoms. The van der Waals surface area contributed by atoms with E-state index in [-0.39, 0.29) is 0 Å². The van der Waals surface area contributed by atoms with Gasteiger partial charge in [-0.2, -0.15) is 0 Å². The van der Waals surface area contributed by atoms with Gasteiger partial charge in [-0.15, -0.1) is 0 Å². The van der Waals surface area contributed by atoms with E-state index >= 15 is 0 Å². The van der Waals surface area contributed by atoms with Crippen LogP contribution in [0.2, 0.25) is 0 Å². The van der Waals surface area contributed by atoms with Gasteiger partial charge in [-0.25, -0.2) is 0 Å². The van der Waals surface area contributed by atoms with Crippen molar-refractivity contribution in [1.29, 1.82) is 0 Å². The summed E-state index contributed by atoms with van der Waals surface area (Å²) < 4.78 is 0. The Kier molecular flexibility index (Phi) is 6.22. The minimum Gasteiger partial charge on any atom is -0.0683 e. The van der Waals surface area contributed by atoms with Gasteiger partial charge < -0.3 is 0 Å². The van der Waals surface area contributed by atoms with Crippen molar-refractivity contribution in [2.24, 2.45) is 0 Å². The van der Waals surface area contributed by atoms with Gasteiger partial charge in [-0.05, 0) is 58.0 Å². The molecule has 0 aliphatic rings. The Morgan fingerprint density at radius 3 is 1.48 bits per heavy atom. The molecule has 4 rings (SSSR count). The molecule has 0 aromatic heterocycles. The van der Waals surface area contributed by atoms with Crippen LogP contribution in [0.3, 0.4) is 0 Å². The minimum atomic E-state index is 1.25. The van der Waals surface area contributed by atoms with E-state index in [0.29, 0.717) is 0 Å². The van der Waals surface area contributed by atoms with E-state index in [4.69, 9.17) is 0 Å². The van der Waals surface area contributed by atoms with E-state index in [1.54, 1.807) is 0 Å². The summed E-state index contributed by atoms with van der Waals surface area (Å²) in [5.74, 6) is 0. The summed E-state index contributed by atoms with van der Waals surface area (Å²) >= 11 is 0. The topological polar surface area (TPSA) is 0 Å². The zero-order chi connectivity index (χ0) is 19.1. The van der Waals surface area contributed by atoms with E-state index < -0.39 is 0 Å². The van der Waals surface area contributed by atoms with E-state index in [2.05, 4.69) is 110 Å². The molecule has 0 unspecified atom stereocenters. The van der Waals surface area contributed by atoms with Crippen molar-refractivity contribution in [2.75, 3.05) is 0 Å². The van der Waals surface area contributed by atoms with E-state index in [1.165, 1.54) is 38.9 Å². The number of hydrogen-bond acceptors (Lipinski definition) is 0. The third-order valence-electron chi connectivity index (χ3n) is 4.62. The molecule has 27 heavy (non-hydrogen) atoms. The number of rotatable bonds is 3. The van der Waals surface area contributed by atoms with Crippen LogP contribution in [0.1, 0.15) is 19.4 Å². The second kappa shape index (κ2) is 9.00. The molecule has 0 nitrogen and oxygen atoms in total. The van der Waals surface area contributed by atoms with Crippen molar-refractivity contribution in [3.05, 3.63) is 109 Å². The second-order valence-corrected chi connectivity index (χ2v) is 6.34. The molecule has 134 valence electrons. The summed E-state index contributed by atoms with van der Waals surface area (Å²) in [6.45, 7) is 6.16. The fourth-order valence-corrected chi connectivity index (χ4v) is 3.27. The van der Waals surface area contributed by atoms with E-state index in [9.17, 15) is 0 Å². The van der Waals surface area contributed by atoms with Crippen molar-refractivity contribution in [3.8, 4) is 33.4 Å². The minimum absolute atomic E-state index is 1.25. The third-order valence-corrected chi connectivity index (χ3v) is 4.62. The highest BCUT2D eigenvalue weighted by atomic mass is 14.1. The zero-order valence-corrected chi connectivity index (χ0v) is 16.3. The van der Waals surface area contributed by atoms with Crippen molar-refractivity contribution in [3.63, 3.8) is 0 Å². The number of hydrogen-bond donors (Lipinski definition) is 0. The molecule has 0 amide bonds. The van der Waals surface area contributed by atoms with Crippen LogP contribution in [0.4, 0.5) is 0 Å². The van der Waals surface area contributed by atoms with Crippen LogP contribution >= 0.6 is 0 Å². The second-order valence-electron chi connectivity index (χ2n) is 6.34. The van der Waals surface area contributed by atoms with Crippen LogP contribution < -0.4 is 0 Å². The van der Waals surface area contributed by atoms with Crippen LogP contribution in [0.5, 0.6) is 0 Å². The molecule has 0 saturated heterocycles. The maximum atomic E-state index is 2.28. The van der Waals surface area contributed by atoms with Crippen LogP contribution in [0.15, 0.2) is 103 Å². The van der Waals surface area contributed by atoms with Gasteiger partial charge in [0.05, 0.1) is 0 Å². The summed E-state index contributed by atoms with van der Waals surface area (Å²) in [7, 11) is 0. The van der Waals surface area contributed by atoms with Gasteiger partial charge in [0.2, 0.25) is 0 Å². The Hall–Kier alpha value is -3.12.